The van der Waals surface area contributed by atoms with E-state index in [-0.39, 0.29) is 31.0 Å². The van der Waals surface area contributed by atoms with E-state index in [1.165, 1.54) is 11.3 Å². The van der Waals surface area contributed by atoms with Crippen LogP contribution in [0.4, 0.5) is 4.79 Å². The minimum absolute atomic E-state index is 0.0309. The minimum atomic E-state index is -1.05. The second kappa shape index (κ2) is 9.46. The lowest BCUT2D eigenvalue weighted by Gasteiger charge is -2.32. The molecule has 8 heteroatoms. The number of morpholine rings is 1. The van der Waals surface area contributed by atoms with Gasteiger partial charge >= 0.3 is 12.0 Å². The van der Waals surface area contributed by atoms with E-state index < -0.39 is 12.0 Å². The van der Waals surface area contributed by atoms with Gasteiger partial charge in [0.1, 0.15) is 0 Å². The third-order valence-corrected chi connectivity index (χ3v) is 4.53. The van der Waals surface area contributed by atoms with Gasteiger partial charge in [0.15, 0.2) is 6.04 Å². The summed E-state index contributed by atoms with van der Waals surface area (Å²) in [5.74, 6) is -1.26. The molecule has 3 N–H and O–H groups in total. The summed E-state index contributed by atoms with van der Waals surface area (Å²) in [4.78, 5) is 36.4. The average molecular weight is 341 g/mol. The number of carbonyl (C=O) groups is 3. The topological polar surface area (TPSA) is 108 Å². The Morgan fingerprint density at radius 2 is 1.92 bits per heavy atom. The van der Waals surface area contributed by atoms with Crippen molar-refractivity contribution in [1.82, 2.24) is 15.5 Å². The first-order chi connectivity index (χ1) is 11.6. The summed E-state index contributed by atoms with van der Waals surface area (Å²) < 4.78 is 5.11. The molecule has 0 aromatic rings. The van der Waals surface area contributed by atoms with E-state index in [0.29, 0.717) is 26.1 Å². The van der Waals surface area contributed by atoms with Gasteiger partial charge in [-0.2, -0.15) is 0 Å². The van der Waals surface area contributed by atoms with E-state index in [0.717, 1.165) is 25.7 Å². The smallest absolute Gasteiger partial charge is 0.328 e. The van der Waals surface area contributed by atoms with Gasteiger partial charge < -0.3 is 25.4 Å². The molecule has 2 fully saturated rings. The molecule has 1 atom stereocenters. The van der Waals surface area contributed by atoms with Crippen LogP contribution < -0.4 is 10.6 Å². The van der Waals surface area contributed by atoms with E-state index in [1.54, 1.807) is 0 Å². The summed E-state index contributed by atoms with van der Waals surface area (Å²) in [5.41, 5.74) is 0. The third-order valence-electron chi connectivity index (χ3n) is 4.53. The number of urea groups is 1. The van der Waals surface area contributed by atoms with Crippen molar-refractivity contribution in [2.75, 3.05) is 26.3 Å². The molecule has 2 aliphatic rings. The van der Waals surface area contributed by atoms with Crippen LogP contribution in [0.25, 0.3) is 0 Å². The van der Waals surface area contributed by atoms with Gasteiger partial charge in [0.2, 0.25) is 5.91 Å². The molecule has 0 spiro atoms. The molecular formula is C16H27N3O5. The number of amides is 3. The van der Waals surface area contributed by atoms with E-state index >= 15 is 0 Å². The summed E-state index contributed by atoms with van der Waals surface area (Å²) >= 11 is 0. The highest BCUT2D eigenvalue weighted by Crippen LogP contribution is 2.17. The highest BCUT2D eigenvalue weighted by Gasteiger charge is 2.32. The summed E-state index contributed by atoms with van der Waals surface area (Å²) in [7, 11) is 0. The van der Waals surface area contributed by atoms with E-state index in [2.05, 4.69) is 10.6 Å². The number of nitrogens with zero attached hydrogens (tertiary/aromatic N) is 1. The van der Waals surface area contributed by atoms with E-state index in [1.807, 2.05) is 0 Å². The quantitative estimate of drug-likeness (QED) is 0.617. The number of carboxylic acids is 1. The molecule has 0 bridgehead atoms. The third kappa shape index (κ3) is 5.67. The van der Waals surface area contributed by atoms with E-state index in [4.69, 9.17) is 9.84 Å². The molecule has 1 saturated carbocycles. The van der Waals surface area contributed by atoms with Crippen LogP contribution in [0, 0.1) is 0 Å². The van der Waals surface area contributed by atoms with Crippen molar-refractivity contribution in [1.29, 1.82) is 0 Å². The van der Waals surface area contributed by atoms with Gasteiger partial charge in [0.25, 0.3) is 0 Å². The Kier molecular flexibility index (Phi) is 7.30. The number of carboxylic acid groups (broad SMARTS) is 1. The maximum absolute atomic E-state index is 12.2. The molecule has 136 valence electrons. The lowest BCUT2D eigenvalue weighted by atomic mass is 9.96. The van der Waals surface area contributed by atoms with Gasteiger partial charge in [-0.1, -0.05) is 19.3 Å². The minimum Gasteiger partial charge on any atom is -0.480 e. The Morgan fingerprint density at radius 3 is 2.62 bits per heavy atom. The normalized spacial score (nSPS) is 22.0. The molecule has 1 aliphatic heterocycles. The molecule has 0 aromatic carbocycles. The molecule has 1 saturated heterocycles. The van der Waals surface area contributed by atoms with Crippen molar-refractivity contribution >= 4 is 17.9 Å². The molecule has 3 amide bonds. The largest absolute Gasteiger partial charge is 0.480 e. The van der Waals surface area contributed by atoms with Crippen LogP contribution in [0.15, 0.2) is 0 Å². The first-order valence-corrected chi connectivity index (χ1v) is 8.72. The van der Waals surface area contributed by atoms with Crippen LogP contribution in [-0.4, -0.2) is 66.3 Å². The highest BCUT2D eigenvalue weighted by atomic mass is 16.5. The first kappa shape index (κ1) is 18.5. The van der Waals surface area contributed by atoms with Crippen molar-refractivity contribution in [2.24, 2.45) is 0 Å². The Hall–Kier alpha value is -1.83. The molecule has 8 nitrogen and oxygen atoms in total. The number of nitrogens with one attached hydrogen (secondary N) is 2. The summed E-state index contributed by atoms with van der Waals surface area (Å²) in [5, 5.41) is 14.8. The van der Waals surface area contributed by atoms with Gasteiger partial charge in [-0.3, -0.25) is 4.79 Å². The molecule has 0 aromatic heterocycles. The van der Waals surface area contributed by atoms with Crippen molar-refractivity contribution in [3.63, 3.8) is 0 Å². The Balaban J connectivity index is 1.63. The number of rotatable bonds is 6. The van der Waals surface area contributed by atoms with Crippen LogP contribution in [0.3, 0.4) is 0 Å². The van der Waals surface area contributed by atoms with Crippen LogP contribution in [0.5, 0.6) is 0 Å². The fraction of sp³-hybridized carbons (Fsp3) is 0.812. The van der Waals surface area contributed by atoms with Crippen molar-refractivity contribution < 1.29 is 24.2 Å². The number of carbonyl (C=O) groups excluding carboxylic acids is 2. The van der Waals surface area contributed by atoms with Gasteiger partial charge in [-0.25, -0.2) is 9.59 Å². The number of hydrogen-bond acceptors (Lipinski definition) is 4. The number of aliphatic carboxylic acids is 1. The molecule has 1 heterocycles. The SMILES string of the molecule is O=C(NCCCC(=O)N1CCOCC1C(=O)O)NC1CCCCC1. The Morgan fingerprint density at radius 1 is 1.17 bits per heavy atom. The van der Waals surface area contributed by atoms with Crippen molar-refractivity contribution in [2.45, 2.75) is 57.0 Å². The fourth-order valence-corrected chi connectivity index (χ4v) is 3.18. The predicted molar refractivity (Wildman–Crippen MR) is 86.6 cm³/mol. The predicted octanol–water partition coefficient (Wildman–Crippen LogP) is 0.711. The molecular weight excluding hydrogens is 314 g/mol. The molecule has 1 unspecified atom stereocenters. The standard InChI is InChI=1S/C16H27N3O5/c20-14(19-9-10-24-11-13(19)15(21)22)7-4-8-17-16(23)18-12-5-2-1-3-6-12/h12-13H,1-11H2,(H,21,22)(H2,17,18,23). The average Bonchev–Trinajstić information content (AvgIpc) is 2.59. The van der Waals surface area contributed by atoms with Crippen LogP contribution in [0.2, 0.25) is 0 Å². The zero-order valence-corrected chi connectivity index (χ0v) is 14.0. The fourth-order valence-electron chi connectivity index (χ4n) is 3.18. The number of ether oxygens (including phenoxy) is 1. The summed E-state index contributed by atoms with van der Waals surface area (Å²) in [6, 6.07) is -0.844. The Labute approximate surface area is 141 Å². The zero-order valence-electron chi connectivity index (χ0n) is 14.0. The lowest BCUT2D eigenvalue weighted by Crippen LogP contribution is -2.52. The molecule has 0 radical (unpaired) electrons. The van der Waals surface area contributed by atoms with Crippen molar-refractivity contribution in [3.8, 4) is 0 Å². The van der Waals surface area contributed by atoms with Gasteiger partial charge in [-0.05, 0) is 19.3 Å². The summed E-state index contributed by atoms with van der Waals surface area (Å²) in [6.45, 7) is 1.08. The van der Waals surface area contributed by atoms with Gasteiger partial charge in [0, 0.05) is 25.6 Å². The summed E-state index contributed by atoms with van der Waals surface area (Å²) in [6.07, 6.45) is 6.31. The Bertz CT molecular complexity index is 451. The van der Waals surface area contributed by atoms with Crippen LogP contribution >= 0.6 is 0 Å². The molecule has 2 rings (SSSR count). The van der Waals surface area contributed by atoms with Gasteiger partial charge in [0.05, 0.1) is 13.2 Å². The monoisotopic (exact) mass is 341 g/mol. The van der Waals surface area contributed by atoms with Gasteiger partial charge in [-0.15, -0.1) is 0 Å². The van der Waals surface area contributed by atoms with Crippen molar-refractivity contribution in [3.05, 3.63) is 0 Å². The maximum atomic E-state index is 12.2. The van der Waals surface area contributed by atoms with Crippen LogP contribution in [-0.2, 0) is 14.3 Å². The number of hydrogen-bond donors (Lipinski definition) is 3. The highest BCUT2D eigenvalue weighted by molar-refractivity contribution is 5.84. The first-order valence-electron chi connectivity index (χ1n) is 8.72. The second-order valence-corrected chi connectivity index (χ2v) is 6.35. The lowest BCUT2D eigenvalue weighted by molar-refractivity contribution is -0.158. The zero-order chi connectivity index (χ0) is 17.4. The maximum Gasteiger partial charge on any atom is 0.328 e. The molecule has 24 heavy (non-hydrogen) atoms. The van der Waals surface area contributed by atoms with Crippen LogP contribution in [0.1, 0.15) is 44.9 Å². The molecule has 1 aliphatic carbocycles. The second-order valence-electron chi connectivity index (χ2n) is 6.35. The van der Waals surface area contributed by atoms with E-state index in [9.17, 15) is 14.4 Å².